The fourth-order valence-corrected chi connectivity index (χ4v) is 4.75. The van der Waals surface area contributed by atoms with Crippen LogP contribution >= 0.6 is 0 Å². The average molecular weight is 496 g/mol. The monoisotopic (exact) mass is 495 g/mol. The Morgan fingerprint density at radius 2 is 2.03 bits per heavy atom. The van der Waals surface area contributed by atoms with Crippen LogP contribution in [-0.2, 0) is 4.79 Å². The molecule has 1 fully saturated rings. The van der Waals surface area contributed by atoms with E-state index in [0.717, 1.165) is 10.9 Å². The van der Waals surface area contributed by atoms with Gasteiger partial charge in [-0.25, -0.2) is 19.0 Å². The van der Waals surface area contributed by atoms with Crippen molar-refractivity contribution in [2.45, 2.75) is 12.5 Å². The molecule has 2 N–H and O–H groups in total. The van der Waals surface area contributed by atoms with Crippen molar-refractivity contribution in [3.63, 3.8) is 0 Å². The number of aromatic nitrogens is 5. The molecule has 1 saturated heterocycles. The summed E-state index contributed by atoms with van der Waals surface area (Å²) in [6.45, 7) is 4.57. The summed E-state index contributed by atoms with van der Waals surface area (Å²) < 4.78 is 23.2. The number of hydrogen-bond acceptors (Lipinski definition) is 7. The third kappa shape index (κ3) is 3.92. The van der Waals surface area contributed by atoms with Gasteiger partial charge in [-0.2, -0.15) is 5.10 Å². The number of nitrogens with zero attached hydrogens (tertiary/aromatic N) is 6. The number of carbonyl (C=O) groups is 1. The number of likely N-dealkylation sites (tertiary alicyclic amines) is 1. The second-order valence-corrected chi connectivity index (χ2v) is 8.75. The summed E-state index contributed by atoms with van der Waals surface area (Å²) in [5.41, 5.74) is 8.05. The molecule has 3 aromatic heterocycles. The maximum Gasteiger partial charge on any atom is 0.246 e. The van der Waals surface area contributed by atoms with Gasteiger partial charge in [0, 0.05) is 36.3 Å². The minimum atomic E-state index is -0.527. The summed E-state index contributed by atoms with van der Waals surface area (Å²) in [4.78, 5) is 26.6. The number of halogens is 1. The fourth-order valence-electron chi connectivity index (χ4n) is 4.75. The van der Waals surface area contributed by atoms with Gasteiger partial charge in [-0.05, 0) is 42.8 Å². The van der Waals surface area contributed by atoms with E-state index in [0.29, 0.717) is 47.7 Å². The maximum atomic E-state index is 15.5. The summed E-state index contributed by atoms with van der Waals surface area (Å²) >= 11 is 0. The second-order valence-electron chi connectivity index (χ2n) is 8.75. The lowest BCUT2D eigenvalue weighted by Crippen LogP contribution is -2.27. The van der Waals surface area contributed by atoms with E-state index in [2.05, 4.69) is 21.5 Å². The summed E-state index contributed by atoms with van der Waals surface area (Å²) in [5, 5.41) is 6.00. The SMILES string of the molecule is C=CC(=O)N1CCC(n2nc(-c3ccc(Oc4ccnc5ccccc45)cc3F)c3c(N)ncnc32)C1. The molecular formula is C27H22FN7O2. The molecule has 0 bridgehead atoms. The van der Waals surface area contributed by atoms with Crippen molar-refractivity contribution in [2.75, 3.05) is 18.8 Å². The van der Waals surface area contributed by atoms with Crippen LogP contribution in [0.15, 0.2) is 73.7 Å². The van der Waals surface area contributed by atoms with Crippen LogP contribution in [-0.4, -0.2) is 48.6 Å². The Labute approximate surface area is 211 Å². The zero-order valence-corrected chi connectivity index (χ0v) is 19.7. The van der Waals surface area contributed by atoms with Crippen LogP contribution in [0.3, 0.4) is 0 Å². The number of amides is 1. The second kappa shape index (κ2) is 8.98. The number of rotatable bonds is 5. The zero-order valence-electron chi connectivity index (χ0n) is 19.7. The highest BCUT2D eigenvalue weighted by Gasteiger charge is 2.30. The number of para-hydroxylation sites is 1. The van der Waals surface area contributed by atoms with Gasteiger partial charge >= 0.3 is 0 Å². The van der Waals surface area contributed by atoms with E-state index < -0.39 is 5.82 Å². The molecule has 2 aromatic carbocycles. The third-order valence-corrected chi connectivity index (χ3v) is 6.55. The summed E-state index contributed by atoms with van der Waals surface area (Å²) in [6.07, 6.45) is 4.97. The van der Waals surface area contributed by atoms with Crippen molar-refractivity contribution >= 4 is 33.7 Å². The van der Waals surface area contributed by atoms with Crippen LogP contribution in [0.4, 0.5) is 10.2 Å². The Morgan fingerprint density at radius 3 is 2.86 bits per heavy atom. The first-order valence-corrected chi connectivity index (χ1v) is 11.7. The van der Waals surface area contributed by atoms with E-state index >= 15 is 4.39 Å². The Morgan fingerprint density at radius 1 is 1.16 bits per heavy atom. The van der Waals surface area contributed by atoms with Crippen molar-refractivity contribution in [2.24, 2.45) is 0 Å². The van der Waals surface area contributed by atoms with Gasteiger partial charge in [0.15, 0.2) is 5.65 Å². The van der Waals surface area contributed by atoms with E-state index in [1.165, 1.54) is 18.5 Å². The van der Waals surface area contributed by atoms with E-state index in [1.807, 2.05) is 24.3 Å². The topological polar surface area (TPSA) is 112 Å². The molecule has 1 unspecified atom stereocenters. The number of hydrogen-bond donors (Lipinski definition) is 1. The number of carbonyl (C=O) groups excluding carboxylic acids is 1. The molecule has 4 heterocycles. The van der Waals surface area contributed by atoms with Crippen LogP contribution in [0.5, 0.6) is 11.5 Å². The smallest absolute Gasteiger partial charge is 0.246 e. The van der Waals surface area contributed by atoms with Crippen LogP contribution in [0.1, 0.15) is 12.5 Å². The van der Waals surface area contributed by atoms with Gasteiger partial charge in [-0.1, -0.05) is 18.7 Å². The highest BCUT2D eigenvalue weighted by molar-refractivity contribution is 5.98. The number of nitrogen functional groups attached to an aromatic ring is 1. The number of anilines is 1. The number of pyridine rings is 1. The standard InChI is InChI=1S/C27H22FN7O2/c1-2-23(36)34-12-10-16(14-34)35-27-24(26(29)31-15-32-27)25(33-35)18-8-7-17(13-20(18)28)37-22-9-11-30-21-6-4-3-5-19(21)22/h2-9,11,13,15-16H,1,10,12,14H2,(H2,29,31,32). The minimum absolute atomic E-state index is 0.139. The Kier molecular flexibility index (Phi) is 5.48. The molecule has 0 spiro atoms. The average Bonchev–Trinajstić information content (AvgIpc) is 3.55. The van der Waals surface area contributed by atoms with Gasteiger partial charge < -0.3 is 15.4 Å². The van der Waals surface area contributed by atoms with Crippen LogP contribution in [0.2, 0.25) is 0 Å². The van der Waals surface area contributed by atoms with Crippen LogP contribution in [0, 0.1) is 5.82 Å². The van der Waals surface area contributed by atoms with Crippen LogP contribution in [0.25, 0.3) is 33.2 Å². The molecule has 6 rings (SSSR count). The molecule has 1 atom stereocenters. The lowest BCUT2D eigenvalue weighted by Gasteiger charge is -2.14. The highest BCUT2D eigenvalue weighted by atomic mass is 19.1. The van der Waals surface area contributed by atoms with Gasteiger partial charge in [-0.15, -0.1) is 0 Å². The van der Waals surface area contributed by atoms with Crippen molar-refractivity contribution in [3.05, 3.63) is 79.5 Å². The van der Waals surface area contributed by atoms with Gasteiger partial charge in [0.05, 0.1) is 16.9 Å². The fraction of sp³-hybridized carbons (Fsp3) is 0.148. The molecule has 10 heteroatoms. The molecule has 184 valence electrons. The van der Waals surface area contributed by atoms with E-state index in [1.54, 1.807) is 34.0 Å². The highest BCUT2D eigenvalue weighted by Crippen LogP contribution is 2.37. The first kappa shape index (κ1) is 22.6. The van der Waals surface area contributed by atoms with Gasteiger partial charge in [-0.3, -0.25) is 9.78 Å². The first-order valence-electron chi connectivity index (χ1n) is 11.7. The molecule has 9 nitrogen and oxygen atoms in total. The van der Waals surface area contributed by atoms with Crippen LogP contribution < -0.4 is 10.5 Å². The molecule has 1 aliphatic rings. The predicted molar refractivity (Wildman–Crippen MR) is 137 cm³/mol. The maximum absolute atomic E-state index is 15.5. The largest absolute Gasteiger partial charge is 0.456 e. The molecular weight excluding hydrogens is 473 g/mol. The molecule has 0 saturated carbocycles. The van der Waals surface area contributed by atoms with E-state index in [4.69, 9.17) is 15.6 Å². The summed E-state index contributed by atoms with van der Waals surface area (Å²) in [6, 6.07) is 13.8. The Balaban J connectivity index is 1.38. The minimum Gasteiger partial charge on any atom is -0.456 e. The molecule has 5 aromatic rings. The number of fused-ring (bicyclic) bond motifs is 2. The molecule has 0 aliphatic carbocycles. The first-order chi connectivity index (χ1) is 18.0. The van der Waals surface area contributed by atoms with Crippen molar-refractivity contribution in [1.29, 1.82) is 0 Å². The molecule has 37 heavy (non-hydrogen) atoms. The lowest BCUT2D eigenvalue weighted by atomic mass is 10.1. The van der Waals surface area contributed by atoms with Gasteiger partial charge in [0.2, 0.25) is 5.91 Å². The lowest BCUT2D eigenvalue weighted by molar-refractivity contribution is -0.125. The van der Waals surface area contributed by atoms with E-state index in [-0.39, 0.29) is 23.3 Å². The summed E-state index contributed by atoms with van der Waals surface area (Å²) in [7, 11) is 0. The molecule has 1 aliphatic heterocycles. The van der Waals surface area contributed by atoms with Gasteiger partial charge in [0.1, 0.15) is 35.2 Å². The number of nitrogens with two attached hydrogens (primary N) is 1. The normalized spacial score (nSPS) is 15.4. The van der Waals surface area contributed by atoms with Crippen molar-refractivity contribution in [3.8, 4) is 22.8 Å². The predicted octanol–water partition coefficient (Wildman–Crippen LogP) is 4.51. The molecule has 1 amide bonds. The van der Waals surface area contributed by atoms with E-state index in [9.17, 15) is 4.79 Å². The third-order valence-electron chi connectivity index (χ3n) is 6.55. The zero-order chi connectivity index (χ0) is 25.5. The Hall–Kier alpha value is -4.86. The quantitative estimate of drug-likeness (QED) is 0.357. The summed E-state index contributed by atoms with van der Waals surface area (Å²) in [5.74, 6) is 0.439. The number of benzene rings is 2. The van der Waals surface area contributed by atoms with Crippen molar-refractivity contribution in [1.82, 2.24) is 29.6 Å². The van der Waals surface area contributed by atoms with Gasteiger partial charge in [0.25, 0.3) is 0 Å². The Bertz CT molecular complexity index is 1680. The molecule has 0 radical (unpaired) electrons. The van der Waals surface area contributed by atoms with Crippen molar-refractivity contribution < 1.29 is 13.9 Å². The number of ether oxygens (including phenoxy) is 1.